The van der Waals surface area contributed by atoms with E-state index in [4.69, 9.17) is 14.2 Å². The Kier molecular flexibility index (Phi) is 5.63. The molecule has 1 fully saturated rings. The number of ether oxygens (including phenoxy) is 3. The van der Waals surface area contributed by atoms with E-state index in [-0.39, 0.29) is 6.54 Å². The van der Waals surface area contributed by atoms with E-state index in [2.05, 4.69) is 0 Å². The maximum absolute atomic E-state index is 12.5. The van der Waals surface area contributed by atoms with Gasteiger partial charge in [-0.2, -0.15) is 17.0 Å². The molecule has 0 amide bonds. The molecular formula is C14H22N2O5S. The predicted octanol–water partition coefficient (Wildman–Crippen LogP) is 0.713. The average molecular weight is 330 g/mol. The molecule has 8 heteroatoms. The largest absolute Gasteiger partial charge is 0.493 e. The molecule has 124 valence electrons. The molecule has 1 heterocycles. The van der Waals surface area contributed by atoms with Gasteiger partial charge in [-0.25, -0.2) is 0 Å². The maximum atomic E-state index is 12.5. The molecule has 0 N–H and O–H groups in total. The summed E-state index contributed by atoms with van der Waals surface area (Å²) in [7, 11) is 1.20. The molecule has 0 aliphatic carbocycles. The topological polar surface area (TPSA) is 68.3 Å². The molecule has 22 heavy (non-hydrogen) atoms. The van der Waals surface area contributed by atoms with Gasteiger partial charge in [-0.15, -0.1) is 0 Å². The Morgan fingerprint density at radius 1 is 1.18 bits per heavy atom. The van der Waals surface area contributed by atoms with E-state index in [1.54, 1.807) is 33.4 Å². The summed E-state index contributed by atoms with van der Waals surface area (Å²) in [4.78, 5) is 0. The molecule has 0 spiro atoms. The molecular weight excluding hydrogens is 308 g/mol. The van der Waals surface area contributed by atoms with Crippen molar-refractivity contribution in [3.63, 3.8) is 0 Å². The van der Waals surface area contributed by atoms with Gasteiger partial charge in [-0.3, -0.25) is 0 Å². The molecule has 0 unspecified atom stereocenters. The Bertz CT molecular complexity index is 599. The Labute approximate surface area is 131 Å². The normalized spacial score (nSPS) is 16.7. The molecule has 0 saturated carbocycles. The number of nitrogens with zero attached hydrogens (tertiary/aromatic N) is 2. The van der Waals surface area contributed by atoms with Crippen molar-refractivity contribution in [2.24, 2.45) is 0 Å². The number of hydrogen-bond acceptors (Lipinski definition) is 5. The third kappa shape index (κ3) is 3.70. The Morgan fingerprint density at radius 3 is 2.41 bits per heavy atom. The van der Waals surface area contributed by atoms with Crippen LogP contribution >= 0.6 is 0 Å². The van der Waals surface area contributed by atoms with E-state index in [0.29, 0.717) is 37.8 Å². The van der Waals surface area contributed by atoms with Crippen LogP contribution in [0.3, 0.4) is 0 Å². The third-order valence-corrected chi connectivity index (χ3v) is 5.48. The Hall–Kier alpha value is -1.35. The first-order chi connectivity index (χ1) is 10.5. The van der Waals surface area contributed by atoms with Gasteiger partial charge in [0, 0.05) is 26.7 Å². The van der Waals surface area contributed by atoms with E-state index in [1.165, 1.54) is 8.61 Å². The molecule has 2 rings (SSSR count). The number of methoxy groups -OCH3 is 2. The zero-order valence-corrected chi connectivity index (χ0v) is 13.9. The summed E-state index contributed by atoms with van der Waals surface area (Å²) in [5.74, 6) is 1.20. The molecule has 1 aromatic rings. The average Bonchev–Trinajstić information content (AvgIpc) is 2.55. The number of morpholine rings is 1. The summed E-state index contributed by atoms with van der Waals surface area (Å²) in [6.45, 7) is 1.91. The quantitative estimate of drug-likeness (QED) is 0.768. The maximum Gasteiger partial charge on any atom is 0.282 e. The highest BCUT2D eigenvalue weighted by Gasteiger charge is 2.28. The third-order valence-electron chi connectivity index (χ3n) is 3.54. The molecule has 0 aromatic heterocycles. The molecule has 0 radical (unpaired) electrons. The van der Waals surface area contributed by atoms with Gasteiger partial charge in [-0.1, -0.05) is 6.07 Å². The molecule has 7 nitrogen and oxygen atoms in total. The van der Waals surface area contributed by atoms with Gasteiger partial charge in [0.15, 0.2) is 11.5 Å². The summed E-state index contributed by atoms with van der Waals surface area (Å²) < 4.78 is 43.4. The summed E-state index contributed by atoms with van der Waals surface area (Å²) in [5, 5.41) is 0. The lowest BCUT2D eigenvalue weighted by Crippen LogP contribution is -2.47. The molecule has 1 aromatic carbocycles. The first kappa shape index (κ1) is 17.0. The standard InChI is InChI=1S/C14H22N2O5S/c1-15(22(17,18)16-6-8-21-9-7-16)11-12-4-5-13(19-2)14(10-12)20-3/h4-5,10H,6-9,11H2,1-3H3. The lowest BCUT2D eigenvalue weighted by molar-refractivity contribution is 0.0705. The van der Waals surface area contributed by atoms with Crippen LogP contribution in [0.25, 0.3) is 0 Å². The van der Waals surface area contributed by atoms with Gasteiger partial charge in [0.2, 0.25) is 0 Å². The number of rotatable bonds is 6. The van der Waals surface area contributed by atoms with Crippen molar-refractivity contribution in [3.05, 3.63) is 23.8 Å². The van der Waals surface area contributed by atoms with Crippen molar-refractivity contribution in [2.45, 2.75) is 6.54 Å². The van der Waals surface area contributed by atoms with Crippen LogP contribution in [-0.4, -0.2) is 64.6 Å². The zero-order chi connectivity index (χ0) is 16.2. The van der Waals surface area contributed by atoms with Crippen molar-refractivity contribution >= 4 is 10.2 Å². The van der Waals surface area contributed by atoms with Crippen LogP contribution in [0.2, 0.25) is 0 Å². The van der Waals surface area contributed by atoms with Gasteiger partial charge >= 0.3 is 0 Å². The predicted molar refractivity (Wildman–Crippen MR) is 82.3 cm³/mol. The van der Waals surface area contributed by atoms with Crippen molar-refractivity contribution in [1.29, 1.82) is 0 Å². The second-order valence-corrected chi connectivity index (χ2v) is 7.00. The fourth-order valence-corrected chi connectivity index (χ4v) is 3.61. The van der Waals surface area contributed by atoms with Crippen LogP contribution < -0.4 is 9.47 Å². The van der Waals surface area contributed by atoms with E-state index >= 15 is 0 Å². The van der Waals surface area contributed by atoms with Crippen molar-refractivity contribution in [3.8, 4) is 11.5 Å². The van der Waals surface area contributed by atoms with Gasteiger partial charge in [0.05, 0.1) is 27.4 Å². The summed E-state index contributed by atoms with van der Waals surface area (Å²) in [6.07, 6.45) is 0. The Balaban J connectivity index is 2.12. The first-order valence-electron chi connectivity index (χ1n) is 6.99. The smallest absolute Gasteiger partial charge is 0.282 e. The minimum Gasteiger partial charge on any atom is -0.493 e. The summed E-state index contributed by atoms with van der Waals surface area (Å²) in [6, 6.07) is 5.38. The van der Waals surface area contributed by atoms with Crippen LogP contribution in [0.4, 0.5) is 0 Å². The van der Waals surface area contributed by atoms with Crippen molar-refractivity contribution in [1.82, 2.24) is 8.61 Å². The monoisotopic (exact) mass is 330 g/mol. The second kappa shape index (κ2) is 7.28. The lowest BCUT2D eigenvalue weighted by atomic mass is 10.2. The highest BCUT2D eigenvalue weighted by Crippen LogP contribution is 2.28. The van der Waals surface area contributed by atoms with E-state index in [9.17, 15) is 8.42 Å². The van der Waals surface area contributed by atoms with Gasteiger partial charge in [-0.05, 0) is 17.7 Å². The highest BCUT2D eigenvalue weighted by molar-refractivity contribution is 7.86. The SMILES string of the molecule is COc1ccc(CN(C)S(=O)(=O)N2CCOCC2)cc1OC. The molecule has 1 aliphatic rings. The summed E-state index contributed by atoms with van der Waals surface area (Å²) >= 11 is 0. The van der Waals surface area contributed by atoms with Crippen LogP contribution in [0, 0.1) is 0 Å². The number of hydrogen-bond donors (Lipinski definition) is 0. The molecule has 1 aliphatic heterocycles. The lowest BCUT2D eigenvalue weighted by Gasteiger charge is -2.30. The second-order valence-electron chi connectivity index (χ2n) is 4.96. The fraction of sp³-hybridized carbons (Fsp3) is 0.571. The Morgan fingerprint density at radius 2 is 1.82 bits per heavy atom. The van der Waals surface area contributed by atoms with E-state index < -0.39 is 10.2 Å². The molecule has 0 bridgehead atoms. The summed E-state index contributed by atoms with van der Waals surface area (Å²) in [5.41, 5.74) is 0.831. The van der Waals surface area contributed by atoms with Gasteiger partial charge in [0.1, 0.15) is 0 Å². The van der Waals surface area contributed by atoms with Crippen LogP contribution in [-0.2, 0) is 21.5 Å². The van der Waals surface area contributed by atoms with E-state index in [1.807, 2.05) is 6.07 Å². The highest BCUT2D eigenvalue weighted by atomic mass is 32.2. The fourth-order valence-electron chi connectivity index (χ4n) is 2.29. The minimum absolute atomic E-state index is 0.264. The van der Waals surface area contributed by atoms with Gasteiger partial charge < -0.3 is 14.2 Å². The van der Waals surface area contributed by atoms with Crippen LogP contribution in [0.5, 0.6) is 11.5 Å². The minimum atomic E-state index is -3.48. The molecule has 1 saturated heterocycles. The van der Waals surface area contributed by atoms with Crippen LogP contribution in [0.1, 0.15) is 5.56 Å². The molecule has 0 atom stereocenters. The van der Waals surface area contributed by atoms with Gasteiger partial charge in [0.25, 0.3) is 10.2 Å². The van der Waals surface area contributed by atoms with Crippen molar-refractivity contribution in [2.75, 3.05) is 47.6 Å². The van der Waals surface area contributed by atoms with E-state index in [0.717, 1.165) is 5.56 Å². The zero-order valence-electron chi connectivity index (χ0n) is 13.1. The van der Waals surface area contributed by atoms with Crippen molar-refractivity contribution < 1.29 is 22.6 Å². The van der Waals surface area contributed by atoms with Crippen LogP contribution in [0.15, 0.2) is 18.2 Å². The first-order valence-corrected chi connectivity index (χ1v) is 8.39. The number of benzene rings is 1.